The van der Waals surface area contributed by atoms with Gasteiger partial charge in [-0.05, 0) is 31.5 Å². The maximum Gasteiger partial charge on any atom is 0.259 e. The van der Waals surface area contributed by atoms with Crippen molar-refractivity contribution in [3.8, 4) is 0 Å². The second-order valence-electron chi connectivity index (χ2n) is 4.51. The topological polar surface area (TPSA) is 53.2 Å². The third-order valence-corrected chi connectivity index (χ3v) is 3.42. The molecule has 1 aromatic heterocycles. The van der Waals surface area contributed by atoms with E-state index in [1.54, 1.807) is 6.07 Å². The fourth-order valence-corrected chi connectivity index (χ4v) is 2.30. The van der Waals surface area contributed by atoms with E-state index in [0.29, 0.717) is 0 Å². The summed E-state index contributed by atoms with van der Waals surface area (Å²) in [5.74, 6) is -0.161. The molecule has 0 saturated carbocycles. The first-order valence-corrected chi connectivity index (χ1v) is 6.10. The molecule has 2 heterocycles. The molecule has 17 heavy (non-hydrogen) atoms. The highest BCUT2D eigenvalue weighted by Crippen LogP contribution is 2.13. The van der Waals surface area contributed by atoms with Gasteiger partial charge in [0, 0.05) is 25.2 Å². The smallest absolute Gasteiger partial charge is 0.259 e. The average Bonchev–Trinajstić information content (AvgIpc) is 2.49. The zero-order valence-electron chi connectivity index (χ0n) is 10.4. The van der Waals surface area contributed by atoms with Gasteiger partial charge in [0.15, 0.2) is 5.78 Å². The Balaban J connectivity index is 2.38. The Morgan fingerprint density at radius 2 is 2.12 bits per heavy atom. The molecular formula is C13H18N2O2. The number of likely N-dealkylation sites (N-methyl/N-ethyl adjacent to an activating group) is 1. The molecule has 0 radical (unpaired) electrons. The van der Waals surface area contributed by atoms with Crippen molar-refractivity contribution in [2.24, 2.45) is 0 Å². The van der Waals surface area contributed by atoms with E-state index in [0.717, 1.165) is 43.7 Å². The standard InChI is InChI=1S/C13H18N2O2/c1-3-15-6-4-10-8-11(9(2)16)13(17)14-12(10)5-7-15/h8H,3-7H2,1-2H3,(H,14,17). The van der Waals surface area contributed by atoms with E-state index < -0.39 is 0 Å². The summed E-state index contributed by atoms with van der Waals surface area (Å²) in [5, 5.41) is 0. The molecule has 4 heteroatoms. The van der Waals surface area contributed by atoms with Crippen LogP contribution >= 0.6 is 0 Å². The number of carbonyl (C=O) groups excluding carboxylic acids is 1. The third kappa shape index (κ3) is 2.47. The van der Waals surface area contributed by atoms with Crippen molar-refractivity contribution < 1.29 is 4.79 Å². The summed E-state index contributed by atoms with van der Waals surface area (Å²) in [6.45, 7) is 6.56. The molecule has 0 fully saturated rings. The quantitative estimate of drug-likeness (QED) is 0.777. The minimum absolute atomic E-state index is 0.161. The Morgan fingerprint density at radius 3 is 2.76 bits per heavy atom. The Hall–Kier alpha value is -1.42. The molecule has 4 nitrogen and oxygen atoms in total. The molecule has 1 N–H and O–H groups in total. The zero-order valence-corrected chi connectivity index (χ0v) is 10.4. The molecule has 92 valence electrons. The molecule has 0 bridgehead atoms. The maximum absolute atomic E-state index is 11.7. The maximum atomic E-state index is 11.7. The Kier molecular flexibility index (Phi) is 3.43. The Labute approximate surface area is 101 Å². The average molecular weight is 234 g/mol. The van der Waals surface area contributed by atoms with Crippen molar-refractivity contribution in [3.05, 3.63) is 33.2 Å². The molecule has 0 amide bonds. The van der Waals surface area contributed by atoms with Crippen LogP contribution in [-0.4, -0.2) is 35.3 Å². The number of carbonyl (C=O) groups is 1. The lowest BCUT2D eigenvalue weighted by Gasteiger charge is -2.16. The normalized spacial score (nSPS) is 16.4. The highest BCUT2D eigenvalue weighted by Gasteiger charge is 2.16. The molecule has 0 aliphatic carbocycles. The van der Waals surface area contributed by atoms with Gasteiger partial charge >= 0.3 is 0 Å². The number of fused-ring (bicyclic) bond motifs is 1. The van der Waals surface area contributed by atoms with Gasteiger partial charge in [0.25, 0.3) is 5.56 Å². The lowest BCUT2D eigenvalue weighted by Crippen LogP contribution is -2.25. The number of H-pyrrole nitrogens is 1. The molecule has 0 aromatic carbocycles. The van der Waals surface area contributed by atoms with Gasteiger partial charge < -0.3 is 9.88 Å². The number of nitrogens with one attached hydrogen (secondary N) is 1. The van der Waals surface area contributed by atoms with E-state index in [9.17, 15) is 9.59 Å². The predicted octanol–water partition coefficient (Wildman–Crippen LogP) is 0.998. The molecular weight excluding hydrogens is 216 g/mol. The van der Waals surface area contributed by atoms with Gasteiger partial charge in [0.2, 0.25) is 0 Å². The largest absolute Gasteiger partial charge is 0.325 e. The van der Waals surface area contributed by atoms with Crippen LogP contribution < -0.4 is 5.56 Å². The van der Waals surface area contributed by atoms with Gasteiger partial charge in [-0.3, -0.25) is 9.59 Å². The van der Waals surface area contributed by atoms with Gasteiger partial charge in [-0.2, -0.15) is 0 Å². The second-order valence-corrected chi connectivity index (χ2v) is 4.51. The highest BCUT2D eigenvalue weighted by molar-refractivity contribution is 5.93. The van der Waals surface area contributed by atoms with Crippen LogP contribution in [0.2, 0.25) is 0 Å². The van der Waals surface area contributed by atoms with Crippen LogP contribution in [0.4, 0.5) is 0 Å². The number of Topliss-reactive ketones (excluding diaryl/α,β-unsaturated/α-hetero) is 1. The van der Waals surface area contributed by atoms with E-state index in [4.69, 9.17) is 0 Å². The van der Waals surface area contributed by atoms with Gasteiger partial charge in [-0.1, -0.05) is 6.92 Å². The molecule has 0 spiro atoms. The lowest BCUT2D eigenvalue weighted by molar-refractivity contribution is 0.101. The summed E-state index contributed by atoms with van der Waals surface area (Å²) < 4.78 is 0. The predicted molar refractivity (Wildman–Crippen MR) is 66.6 cm³/mol. The number of nitrogens with zero attached hydrogens (tertiary/aromatic N) is 1. The van der Waals surface area contributed by atoms with E-state index in [1.165, 1.54) is 6.92 Å². The van der Waals surface area contributed by atoms with Crippen LogP contribution in [0.25, 0.3) is 0 Å². The molecule has 1 aliphatic heterocycles. The van der Waals surface area contributed by atoms with Crippen LogP contribution in [0, 0.1) is 0 Å². The van der Waals surface area contributed by atoms with E-state index >= 15 is 0 Å². The van der Waals surface area contributed by atoms with Crippen molar-refractivity contribution in [3.63, 3.8) is 0 Å². The van der Waals surface area contributed by atoms with Crippen LogP contribution in [0.1, 0.15) is 35.5 Å². The zero-order chi connectivity index (χ0) is 12.4. The Morgan fingerprint density at radius 1 is 1.41 bits per heavy atom. The minimum Gasteiger partial charge on any atom is -0.325 e. The number of aromatic nitrogens is 1. The summed E-state index contributed by atoms with van der Waals surface area (Å²) in [6.07, 6.45) is 1.76. The minimum atomic E-state index is -0.249. The fraction of sp³-hybridized carbons (Fsp3) is 0.538. The van der Waals surface area contributed by atoms with Gasteiger partial charge in [-0.25, -0.2) is 0 Å². The van der Waals surface area contributed by atoms with E-state index in [1.807, 2.05) is 0 Å². The number of hydrogen-bond acceptors (Lipinski definition) is 3. The van der Waals surface area contributed by atoms with E-state index in [2.05, 4.69) is 16.8 Å². The summed E-state index contributed by atoms with van der Waals surface area (Å²) >= 11 is 0. The van der Waals surface area contributed by atoms with Crippen molar-refractivity contribution in [2.75, 3.05) is 19.6 Å². The molecule has 0 unspecified atom stereocenters. The Bertz CT molecular complexity index is 491. The van der Waals surface area contributed by atoms with Crippen LogP contribution in [0.15, 0.2) is 10.9 Å². The number of ketones is 1. The summed E-state index contributed by atoms with van der Waals surface area (Å²) in [6, 6.07) is 1.77. The molecule has 1 aromatic rings. The van der Waals surface area contributed by atoms with Gasteiger partial charge in [-0.15, -0.1) is 0 Å². The molecule has 1 aliphatic rings. The van der Waals surface area contributed by atoms with Crippen LogP contribution in [0.5, 0.6) is 0 Å². The summed E-state index contributed by atoms with van der Waals surface area (Å²) in [4.78, 5) is 28.2. The molecule has 0 atom stereocenters. The van der Waals surface area contributed by atoms with Crippen molar-refractivity contribution in [2.45, 2.75) is 26.7 Å². The van der Waals surface area contributed by atoms with Crippen molar-refractivity contribution in [1.29, 1.82) is 0 Å². The SMILES string of the molecule is CCN1CCc2cc(C(C)=O)c(=O)[nH]c2CC1. The third-order valence-electron chi connectivity index (χ3n) is 3.42. The number of rotatable bonds is 2. The van der Waals surface area contributed by atoms with Gasteiger partial charge in [0.1, 0.15) is 0 Å². The molecule has 0 saturated heterocycles. The highest BCUT2D eigenvalue weighted by atomic mass is 16.1. The first-order chi connectivity index (χ1) is 8.11. The fourth-order valence-electron chi connectivity index (χ4n) is 2.30. The monoisotopic (exact) mass is 234 g/mol. The van der Waals surface area contributed by atoms with E-state index in [-0.39, 0.29) is 16.9 Å². The summed E-state index contributed by atoms with van der Waals surface area (Å²) in [5.41, 5.74) is 2.15. The number of pyridine rings is 1. The number of aromatic amines is 1. The number of hydrogen-bond donors (Lipinski definition) is 1. The molecule has 2 rings (SSSR count). The van der Waals surface area contributed by atoms with Crippen molar-refractivity contribution >= 4 is 5.78 Å². The van der Waals surface area contributed by atoms with Crippen LogP contribution in [-0.2, 0) is 12.8 Å². The first kappa shape index (κ1) is 12.0. The first-order valence-electron chi connectivity index (χ1n) is 6.10. The van der Waals surface area contributed by atoms with Gasteiger partial charge in [0.05, 0.1) is 5.56 Å². The van der Waals surface area contributed by atoms with Crippen LogP contribution in [0.3, 0.4) is 0 Å². The van der Waals surface area contributed by atoms with Crippen molar-refractivity contribution in [1.82, 2.24) is 9.88 Å². The lowest BCUT2D eigenvalue weighted by atomic mass is 10.0. The second kappa shape index (κ2) is 4.84. The summed E-state index contributed by atoms with van der Waals surface area (Å²) in [7, 11) is 0.